The Morgan fingerprint density at radius 1 is 0.829 bits per heavy atom. The van der Waals surface area contributed by atoms with E-state index in [4.69, 9.17) is 9.47 Å². The Hall–Kier alpha value is -0.710. The summed E-state index contributed by atoms with van der Waals surface area (Å²) in [6.07, 6.45) is 7.23. The number of carbonyl (C=O) groups excluding carboxylic acids is 2. The van der Waals surface area contributed by atoms with E-state index >= 15 is 0 Å². The Morgan fingerprint density at radius 2 is 1.37 bits per heavy atom. The van der Waals surface area contributed by atoms with Gasteiger partial charge in [0.15, 0.2) is 6.10 Å². The van der Waals surface area contributed by atoms with Crippen LogP contribution in [0.15, 0.2) is 0 Å². The van der Waals surface area contributed by atoms with Crippen molar-refractivity contribution in [2.75, 3.05) is 13.2 Å². The molecule has 0 aliphatic carbocycles. The largest absolute Gasteiger partial charge is 1.00 e. The van der Waals surface area contributed by atoms with Gasteiger partial charge in [-0.15, -0.1) is 0 Å². The summed E-state index contributed by atoms with van der Waals surface area (Å²) in [5, 5.41) is 0. The molecular weight excluding hydrogens is 493 g/mol. The van der Waals surface area contributed by atoms with E-state index in [0.29, 0.717) is 6.42 Å². The molecule has 11 heteroatoms. The summed E-state index contributed by atoms with van der Waals surface area (Å²) in [5.41, 5.74) is 0. The van der Waals surface area contributed by atoms with Gasteiger partial charge in [-0.3, -0.25) is 4.79 Å². The minimum atomic E-state index is -5.29. The molecule has 1 atom stereocenters. The third kappa shape index (κ3) is 29.4. The molecule has 0 spiro atoms. The van der Waals surface area contributed by atoms with Gasteiger partial charge in [0.2, 0.25) is 0 Å². The number of phosphoric ester groups is 1. The standard InChI is InChI=1S/C24H31O8P.2Na/c1-3-5-7-9-11-13-15-17-19-24(26)32-22(21-31-33(27,28)29)20-30-23(25)18-16-14-12-10-8-6-4-2;;/h22H,3,5,7,9,11,13,15,17,19-21H2,1-2H3,(H2,27,28,29);;/q;2*+1/p-2/t22-;;/m0../s1. The summed E-state index contributed by atoms with van der Waals surface area (Å²) in [5.74, 6) is 17.2. The monoisotopic (exact) mass is 522 g/mol. The van der Waals surface area contributed by atoms with E-state index in [1.54, 1.807) is 6.92 Å². The third-order valence-electron chi connectivity index (χ3n) is 3.95. The van der Waals surface area contributed by atoms with Crippen LogP contribution in [0.3, 0.4) is 0 Å². The molecule has 0 saturated heterocycles. The van der Waals surface area contributed by atoms with Crippen molar-refractivity contribution in [3.63, 3.8) is 0 Å². The Kier molecular flexibility index (Phi) is 29.2. The molecule has 0 aliphatic rings. The van der Waals surface area contributed by atoms with Gasteiger partial charge in [-0.1, -0.05) is 57.8 Å². The van der Waals surface area contributed by atoms with Crippen LogP contribution in [-0.4, -0.2) is 31.3 Å². The van der Waals surface area contributed by atoms with E-state index in [2.05, 4.69) is 58.8 Å². The van der Waals surface area contributed by atoms with Crippen LogP contribution in [-0.2, 0) is 28.2 Å². The first-order valence-electron chi connectivity index (χ1n) is 10.7. The van der Waals surface area contributed by atoms with Gasteiger partial charge >= 0.3 is 71.1 Å². The average Bonchev–Trinajstić information content (AvgIpc) is 2.76. The molecule has 35 heavy (non-hydrogen) atoms. The van der Waals surface area contributed by atoms with Gasteiger partial charge in [-0.2, -0.15) is 0 Å². The number of unbranched alkanes of at least 4 members (excludes halogenated alkanes) is 7. The van der Waals surface area contributed by atoms with E-state index < -0.39 is 39.1 Å². The number of ether oxygens (including phenoxy) is 2. The number of hydrogen-bond donors (Lipinski definition) is 0. The van der Waals surface area contributed by atoms with E-state index in [0.717, 1.165) is 19.3 Å². The van der Waals surface area contributed by atoms with Gasteiger partial charge < -0.3 is 28.3 Å². The predicted molar refractivity (Wildman–Crippen MR) is 118 cm³/mol. The molecule has 0 heterocycles. The summed E-state index contributed by atoms with van der Waals surface area (Å²) >= 11 is 0. The zero-order valence-electron chi connectivity index (χ0n) is 21.1. The van der Waals surface area contributed by atoms with Crippen LogP contribution in [0.4, 0.5) is 0 Å². The number of carbonyl (C=O) groups is 2. The van der Waals surface area contributed by atoms with Crippen LogP contribution in [0, 0.1) is 47.4 Å². The van der Waals surface area contributed by atoms with E-state index in [-0.39, 0.29) is 65.5 Å². The minimum absolute atomic E-state index is 0. The van der Waals surface area contributed by atoms with Crippen molar-refractivity contribution in [3.05, 3.63) is 0 Å². The molecule has 0 rings (SSSR count). The van der Waals surface area contributed by atoms with E-state index in [1.807, 2.05) is 0 Å². The van der Waals surface area contributed by atoms with Crippen LogP contribution in [0.1, 0.15) is 71.6 Å². The molecule has 8 nitrogen and oxygen atoms in total. The Balaban J connectivity index is -0.00000512. The minimum Gasteiger partial charge on any atom is -0.790 e. The fourth-order valence-corrected chi connectivity index (χ4v) is 2.76. The second-order valence-corrected chi connectivity index (χ2v) is 7.96. The molecule has 180 valence electrons. The van der Waals surface area contributed by atoms with Crippen molar-refractivity contribution in [1.82, 2.24) is 0 Å². The molecule has 0 N–H and O–H groups in total. The summed E-state index contributed by atoms with van der Waals surface area (Å²) in [4.78, 5) is 45.1. The Bertz CT molecular complexity index is 901. The van der Waals surface area contributed by atoms with E-state index in [9.17, 15) is 23.9 Å². The van der Waals surface area contributed by atoms with Gasteiger partial charge in [0.25, 0.3) is 0 Å². The summed E-state index contributed by atoms with van der Waals surface area (Å²) in [6, 6.07) is 0. The van der Waals surface area contributed by atoms with Crippen molar-refractivity contribution in [3.8, 4) is 47.4 Å². The molecule has 0 radical (unpaired) electrons. The summed E-state index contributed by atoms with van der Waals surface area (Å²) in [6.45, 7) is 2.48. The maximum absolute atomic E-state index is 12.0. The molecule has 0 aliphatic heterocycles. The summed E-state index contributed by atoms with van der Waals surface area (Å²) < 4.78 is 24.8. The molecule has 0 aromatic heterocycles. The third-order valence-corrected chi connectivity index (χ3v) is 4.42. The van der Waals surface area contributed by atoms with Crippen molar-refractivity contribution in [2.24, 2.45) is 0 Å². The fourth-order valence-electron chi connectivity index (χ4n) is 2.41. The number of rotatable bonds is 15. The SMILES string of the molecule is CC#CC#CC#CC#CC(=O)OC[C@@H](COP(=O)([O-])[O-])OC(=O)CCCCCCCCCC.[Na+].[Na+]. The number of hydrogen-bond acceptors (Lipinski definition) is 8. The molecule has 0 fully saturated rings. The summed E-state index contributed by atoms with van der Waals surface area (Å²) in [7, 11) is -5.29. The van der Waals surface area contributed by atoms with Gasteiger partial charge in [-0.05, 0) is 48.9 Å². The fraction of sp³-hybridized carbons (Fsp3) is 0.583. The quantitative estimate of drug-likeness (QED) is 0.0531. The first-order chi connectivity index (χ1) is 15.8. The molecule has 0 unspecified atom stereocenters. The predicted octanol–water partition coefficient (Wildman–Crippen LogP) is -4.14. The first-order valence-corrected chi connectivity index (χ1v) is 12.2. The Morgan fingerprint density at radius 3 is 1.94 bits per heavy atom. The van der Waals surface area contributed by atoms with Gasteiger partial charge in [-0.25, -0.2) is 4.79 Å². The van der Waals surface area contributed by atoms with Gasteiger partial charge in [0.1, 0.15) is 6.61 Å². The molecule has 0 saturated carbocycles. The maximum Gasteiger partial charge on any atom is 1.00 e. The van der Waals surface area contributed by atoms with Gasteiger partial charge in [0.05, 0.1) is 14.4 Å². The normalized spacial score (nSPS) is 9.94. The van der Waals surface area contributed by atoms with Crippen molar-refractivity contribution >= 4 is 19.8 Å². The van der Waals surface area contributed by atoms with Crippen LogP contribution in [0.25, 0.3) is 0 Å². The smallest absolute Gasteiger partial charge is 0.790 e. The van der Waals surface area contributed by atoms with Crippen molar-refractivity contribution in [1.29, 1.82) is 0 Å². The maximum atomic E-state index is 12.0. The Labute approximate surface area is 253 Å². The zero-order chi connectivity index (χ0) is 24.8. The molecule has 0 aromatic carbocycles. The van der Waals surface area contributed by atoms with Gasteiger partial charge in [0, 0.05) is 12.3 Å². The molecule has 0 bridgehead atoms. The molecule has 0 aromatic rings. The van der Waals surface area contributed by atoms with Crippen LogP contribution >= 0.6 is 7.82 Å². The second kappa shape index (κ2) is 26.4. The van der Waals surface area contributed by atoms with Crippen LogP contribution in [0.2, 0.25) is 0 Å². The first kappa shape index (κ1) is 38.8. The molecule has 0 amide bonds. The average molecular weight is 522 g/mol. The van der Waals surface area contributed by atoms with Crippen molar-refractivity contribution < 1.29 is 97.1 Å². The number of phosphoric acid groups is 1. The molecular formula is C24H29Na2O8P. The second-order valence-electron chi connectivity index (χ2n) is 6.80. The van der Waals surface area contributed by atoms with Crippen molar-refractivity contribution in [2.45, 2.75) is 77.7 Å². The zero-order valence-corrected chi connectivity index (χ0v) is 26.0. The van der Waals surface area contributed by atoms with Crippen LogP contribution < -0.4 is 68.9 Å². The van der Waals surface area contributed by atoms with E-state index in [1.165, 1.54) is 25.7 Å². The van der Waals surface area contributed by atoms with Crippen LogP contribution in [0.5, 0.6) is 0 Å². The number of esters is 2. The topological polar surface area (TPSA) is 125 Å².